The molecule has 1 unspecified atom stereocenters. The number of nitrogens with one attached hydrogen (secondary N) is 1. The molecule has 6 nitrogen and oxygen atoms in total. The van der Waals surface area contributed by atoms with Crippen LogP contribution in [-0.2, 0) is 20.8 Å². The van der Waals surface area contributed by atoms with E-state index in [1.165, 1.54) is 5.56 Å². The predicted octanol–water partition coefficient (Wildman–Crippen LogP) is 2.86. The fraction of sp³-hybridized carbons (Fsp3) is 0.600. The number of carbonyl (C=O) groups excluding carboxylic acids is 2. The van der Waals surface area contributed by atoms with Crippen LogP contribution in [-0.4, -0.2) is 47.3 Å². The second-order valence-electron chi connectivity index (χ2n) is 8.26. The van der Waals surface area contributed by atoms with Crippen molar-refractivity contribution in [1.82, 2.24) is 10.2 Å². The van der Waals surface area contributed by atoms with E-state index in [1.54, 1.807) is 20.8 Å². The van der Waals surface area contributed by atoms with E-state index in [0.29, 0.717) is 19.5 Å². The maximum absolute atomic E-state index is 12.8. The summed E-state index contributed by atoms with van der Waals surface area (Å²) < 4.78 is 10.9. The number of carbonyl (C=O) groups is 2. The van der Waals surface area contributed by atoms with Crippen LogP contribution in [0.4, 0.5) is 4.79 Å². The minimum atomic E-state index is -1.04. The Morgan fingerprint density at radius 3 is 2.54 bits per heavy atom. The minimum absolute atomic E-state index is 0.00276. The second kappa shape index (κ2) is 7.27. The van der Waals surface area contributed by atoms with Gasteiger partial charge < -0.3 is 14.8 Å². The highest BCUT2D eigenvalue weighted by Gasteiger charge is 2.49. The fourth-order valence-corrected chi connectivity index (χ4v) is 3.13. The second-order valence-corrected chi connectivity index (χ2v) is 8.26. The smallest absolute Gasteiger partial charge is 0.408 e. The van der Waals surface area contributed by atoms with Gasteiger partial charge in [-0.3, -0.25) is 4.90 Å². The van der Waals surface area contributed by atoms with E-state index < -0.39 is 17.2 Å². The Labute approximate surface area is 154 Å². The Morgan fingerprint density at radius 2 is 1.92 bits per heavy atom. The molecule has 1 saturated carbocycles. The third-order valence-corrected chi connectivity index (χ3v) is 4.53. The summed E-state index contributed by atoms with van der Waals surface area (Å²) in [5.74, 6) is -0.346. The fourth-order valence-electron chi connectivity index (χ4n) is 3.13. The zero-order valence-corrected chi connectivity index (χ0v) is 15.8. The van der Waals surface area contributed by atoms with Crippen LogP contribution in [0.3, 0.4) is 0 Å². The first-order valence-electron chi connectivity index (χ1n) is 9.24. The van der Waals surface area contributed by atoms with E-state index in [-0.39, 0.29) is 12.1 Å². The van der Waals surface area contributed by atoms with Gasteiger partial charge in [-0.25, -0.2) is 9.59 Å². The topological polar surface area (TPSA) is 67.9 Å². The van der Waals surface area contributed by atoms with Gasteiger partial charge >= 0.3 is 12.1 Å². The molecule has 26 heavy (non-hydrogen) atoms. The molecule has 1 N–H and O–H groups in total. The molecule has 2 aliphatic rings. The Kier molecular flexibility index (Phi) is 5.23. The molecule has 2 fully saturated rings. The van der Waals surface area contributed by atoms with Gasteiger partial charge in [0, 0.05) is 19.6 Å². The van der Waals surface area contributed by atoms with Gasteiger partial charge in [0.05, 0.1) is 0 Å². The van der Waals surface area contributed by atoms with Crippen molar-refractivity contribution in [3.63, 3.8) is 0 Å². The predicted molar refractivity (Wildman–Crippen MR) is 97.6 cm³/mol. The highest BCUT2D eigenvalue weighted by Crippen LogP contribution is 2.30. The quantitative estimate of drug-likeness (QED) is 0.818. The number of hydrogen-bond donors (Lipinski definition) is 1. The summed E-state index contributed by atoms with van der Waals surface area (Å²) in [6.45, 7) is 7.28. The van der Waals surface area contributed by atoms with E-state index in [9.17, 15) is 9.59 Å². The minimum Gasteiger partial charge on any atom is -0.461 e. The van der Waals surface area contributed by atoms with Crippen molar-refractivity contribution < 1.29 is 19.1 Å². The van der Waals surface area contributed by atoms with Crippen LogP contribution >= 0.6 is 0 Å². The number of esters is 1. The van der Waals surface area contributed by atoms with E-state index in [0.717, 1.165) is 19.4 Å². The van der Waals surface area contributed by atoms with E-state index in [1.807, 2.05) is 18.2 Å². The third kappa shape index (κ3) is 4.97. The molecule has 0 aromatic heterocycles. The molecule has 1 atom stereocenters. The zero-order valence-electron chi connectivity index (χ0n) is 15.8. The van der Waals surface area contributed by atoms with Crippen LogP contribution in [0, 0.1) is 0 Å². The van der Waals surface area contributed by atoms with E-state index in [4.69, 9.17) is 9.47 Å². The van der Waals surface area contributed by atoms with Crippen molar-refractivity contribution in [2.24, 2.45) is 0 Å². The Bertz CT molecular complexity index is 652. The van der Waals surface area contributed by atoms with Crippen LogP contribution in [0.1, 0.15) is 45.6 Å². The summed E-state index contributed by atoms with van der Waals surface area (Å²) in [5.41, 5.74) is -0.482. The number of nitrogens with zero attached hydrogens (tertiary/aromatic N) is 1. The molecule has 0 radical (unpaired) electrons. The van der Waals surface area contributed by atoms with Crippen LogP contribution in [0.5, 0.6) is 0 Å². The highest BCUT2D eigenvalue weighted by molar-refractivity contribution is 5.87. The molecule has 1 aliphatic carbocycles. The Balaban J connectivity index is 1.69. The highest BCUT2D eigenvalue weighted by atomic mass is 16.6. The van der Waals surface area contributed by atoms with Crippen LogP contribution in [0.25, 0.3) is 0 Å². The summed E-state index contributed by atoms with van der Waals surface area (Å²) in [7, 11) is 0. The molecule has 6 heteroatoms. The first-order valence-corrected chi connectivity index (χ1v) is 9.24. The van der Waals surface area contributed by atoms with Gasteiger partial charge in [-0.1, -0.05) is 30.3 Å². The van der Waals surface area contributed by atoms with Gasteiger partial charge in [-0.2, -0.15) is 0 Å². The lowest BCUT2D eigenvalue weighted by atomic mass is 9.99. The Morgan fingerprint density at radius 1 is 1.23 bits per heavy atom. The summed E-state index contributed by atoms with van der Waals surface area (Å²) >= 11 is 0. The SMILES string of the molecule is CC(C)(C)OC(=O)NC1(C(=O)OC2CC2)CCN(Cc2ccccc2)C1. The normalized spacial score (nSPS) is 23.5. The van der Waals surface area contributed by atoms with Crippen LogP contribution in [0.2, 0.25) is 0 Å². The standard InChI is InChI=1S/C20H28N2O4/c1-19(2,3)26-18(24)21-20(17(23)25-16-9-10-16)11-12-22(14-20)13-15-7-5-4-6-8-15/h4-8,16H,9-14H2,1-3H3,(H,21,24). The van der Waals surface area contributed by atoms with Gasteiger partial charge in [-0.05, 0) is 45.6 Å². The molecule has 1 saturated heterocycles. The summed E-state index contributed by atoms with van der Waals surface area (Å²) in [4.78, 5) is 27.3. The molecule has 0 spiro atoms. The molecular formula is C20H28N2O4. The lowest BCUT2D eigenvalue weighted by molar-refractivity contribution is -0.152. The van der Waals surface area contributed by atoms with E-state index in [2.05, 4.69) is 22.3 Å². The van der Waals surface area contributed by atoms with Crippen molar-refractivity contribution >= 4 is 12.1 Å². The van der Waals surface area contributed by atoms with Gasteiger partial charge in [0.25, 0.3) is 0 Å². The largest absolute Gasteiger partial charge is 0.461 e. The lowest BCUT2D eigenvalue weighted by Crippen LogP contribution is -2.58. The van der Waals surface area contributed by atoms with Crippen molar-refractivity contribution in [3.8, 4) is 0 Å². The molecule has 142 valence electrons. The van der Waals surface area contributed by atoms with Crippen molar-refractivity contribution in [1.29, 1.82) is 0 Å². The third-order valence-electron chi connectivity index (χ3n) is 4.53. The summed E-state index contributed by atoms with van der Waals surface area (Å²) in [6, 6.07) is 10.1. The van der Waals surface area contributed by atoms with Gasteiger partial charge in [0.1, 0.15) is 11.7 Å². The number of amides is 1. The molecular weight excluding hydrogens is 332 g/mol. The maximum Gasteiger partial charge on any atom is 0.408 e. The number of alkyl carbamates (subject to hydrolysis) is 1. The first kappa shape index (κ1) is 18.7. The summed E-state index contributed by atoms with van der Waals surface area (Å²) in [6.07, 6.45) is 1.75. The van der Waals surface area contributed by atoms with Crippen LogP contribution in [0.15, 0.2) is 30.3 Å². The summed E-state index contributed by atoms with van der Waals surface area (Å²) in [5, 5.41) is 2.82. The molecule has 1 heterocycles. The maximum atomic E-state index is 12.8. The monoisotopic (exact) mass is 360 g/mol. The molecule has 1 amide bonds. The molecule has 0 bridgehead atoms. The van der Waals surface area contributed by atoms with Gasteiger partial charge in [0.2, 0.25) is 0 Å². The first-order chi connectivity index (χ1) is 12.3. The molecule has 3 rings (SSSR count). The number of ether oxygens (including phenoxy) is 2. The number of likely N-dealkylation sites (tertiary alicyclic amines) is 1. The van der Waals surface area contributed by atoms with Gasteiger partial charge in [0.15, 0.2) is 5.54 Å². The number of hydrogen-bond acceptors (Lipinski definition) is 5. The average molecular weight is 360 g/mol. The average Bonchev–Trinajstić information content (AvgIpc) is 3.27. The van der Waals surface area contributed by atoms with E-state index >= 15 is 0 Å². The van der Waals surface area contributed by atoms with Crippen LogP contribution < -0.4 is 5.32 Å². The molecule has 1 aromatic rings. The lowest BCUT2D eigenvalue weighted by Gasteiger charge is -2.30. The number of rotatable bonds is 5. The van der Waals surface area contributed by atoms with Gasteiger partial charge in [-0.15, -0.1) is 0 Å². The zero-order chi connectivity index (χ0) is 18.8. The van der Waals surface area contributed by atoms with Crippen molar-refractivity contribution in [2.75, 3.05) is 13.1 Å². The Hall–Kier alpha value is -2.08. The molecule has 1 aliphatic heterocycles. The molecule has 1 aromatic carbocycles. The number of benzene rings is 1. The van der Waals surface area contributed by atoms with Crippen molar-refractivity contribution in [2.45, 2.75) is 63.8 Å². The van der Waals surface area contributed by atoms with Crippen molar-refractivity contribution in [3.05, 3.63) is 35.9 Å².